The van der Waals surface area contributed by atoms with Crippen LogP contribution in [0.15, 0.2) is 24.3 Å². The molecular formula is C11H14O4. The fourth-order valence-electron chi connectivity index (χ4n) is 1.28. The van der Waals surface area contributed by atoms with Crippen molar-refractivity contribution in [2.75, 3.05) is 7.11 Å². The lowest BCUT2D eigenvalue weighted by molar-refractivity contribution is -0.137. The summed E-state index contributed by atoms with van der Waals surface area (Å²) < 4.78 is 5.00. The van der Waals surface area contributed by atoms with Crippen LogP contribution in [-0.4, -0.2) is 23.3 Å². The molecule has 1 aromatic rings. The van der Waals surface area contributed by atoms with Gasteiger partial charge in [0, 0.05) is 6.42 Å². The van der Waals surface area contributed by atoms with E-state index in [4.69, 9.17) is 9.84 Å². The predicted octanol–water partition coefficient (Wildman–Crippen LogP) is 1.59. The Morgan fingerprint density at radius 2 is 2.27 bits per heavy atom. The minimum absolute atomic E-state index is 0.0433. The molecule has 0 aliphatic heterocycles. The topological polar surface area (TPSA) is 66.8 Å². The normalized spacial score (nSPS) is 12.1. The van der Waals surface area contributed by atoms with Gasteiger partial charge in [-0.1, -0.05) is 12.1 Å². The van der Waals surface area contributed by atoms with Gasteiger partial charge in [0.2, 0.25) is 0 Å². The molecule has 15 heavy (non-hydrogen) atoms. The number of methoxy groups -OCH3 is 1. The molecule has 0 unspecified atom stereocenters. The molecule has 0 bridgehead atoms. The van der Waals surface area contributed by atoms with Crippen molar-refractivity contribution in [3.05, 3.63) is 29.8 Å². The first-order chi connectivity index (χ1) is 7.13. The maximum Gasteiger partial charge on any atom is 0.303 e. The monoisotopic (exact) mass is 210 g/mol. The van der Waals surface area contributed by atoms with Crippen LogP contribution in [-0.2, 0) is 4.79 Å². The summed E-state index contributed by atoms with van der Waals surface area (Å²) in [5.74, 6) is -0.251. The molecule has 0 aromatic heterocycles. The summed E-state index contributed by atoms with van der Waals surface area (Å²) in [5.41, 5.74) is 0.676. The van der Waals surface area contributed by atoms with Crippen molar-refractivity contribution in [1.82, 2.24) is 0 Å². The first kappa shape index (κ1) is 11.5. The van der Waals surface area contributed by atoms with Crippen molar-refractivity contribution in [2.45, 2.75) is 18.9 Å². The number of carboxylic acid groups (broad SMARTS) is 1. The van der Waals surface area contributed by atoms with E-state index in [-0.39, 0.29) is 12.8 Å². The summed E-state index contributed by atoms with van der Waals surface area (Å²) in [5, 5.41) is 18.1. The summed E-state index contributed by atoms with van der Waals surface area (Å²) in [4.78, 5) is 10.3. The highest BCUT2D eigenvalue weighted by atomic mass is 16.5. The van der Waals surface area contributed by atoms with E-state index in [0.717, 1.165) is 0 Å². The highest BCUT2D eigenvalue weighted by molar-refractivity contribution is 5.66. The second-order valence-corrected chi connectivity index (χ2v) is 3.22. The summed E-state index contributed by atoms with van der Waals surface area (Å²) in [6.45, 7) is 0. The fourth-order valence-corrected chi connectivity index (χ4v) is 1.28. The number of benzene rings is 1. The van der Waals surface area contributed by atoms with Gasteiger partial charge in [-0.15, -0.1) is 0 Å². The van der Waals surface area contributed by atoms with Crippen molar-refractivity contribution in [3.8, 4) is 5.75 Å². The van der Waals surface area contributed by atoms with Crippen LogP contribution in [0.3, 0.4) is 0 Å². The third kappa shape index (κ3) is 3.59. The van der Waals surface area contributed by atoms with Crippen LogP contribution in [0.5, 0.6) is 5.75 Å². The number of ether oxygens (including phenoxy) is 1. The molecule has 1 rings (SSSR count). The lowest BCUT2D eigenvalue weighted by Gasteiger charge is -2.10. The van der Waals surface area contributed by atoms with Crippen molar-refractivity contribution < 1.29 is 19.7 Å². The standard InChI is InChI=1S/C11H14O4/c1-15-9-4-2-3-8(7-9)10(12)5-6-11(13)14/h2-4,7,10,12H,5-6H2,1H3,(H,13,14)/t10-/m1/s1. The Morgan fingerprint density at radius 1 is 1.53 bits per heavy atom. The smallest absolute Gasteiger partial charge is 0.303 e. The molecule has 0 aliphatic carbocycles. The van der Waals surface area contributed by atoms with Crippen molar-refractivity contribution in [3.63, 3.8) is 0 Å². The van der Waals surface area contributed by atoms with Gasteiger partial charge in [0.1, 0.15) is 5.75 Å². The second-order valence-electron chi connectivity index (χ2n) is 3.22. The molecule has 4 nitrogen and oxygen atoms in total. The maximum atomic E-state index is 10.3. The van der Waals surface area contributed by atoms with E-state index in [0.29, 0.717) is 11.3 Å². The Balaban J connectivity index is 2.64. The quantitative estimate of drug-likeness (QED) is 0.774. The minimum atomic E-state index is -0.906. The Bertz CT molecular complexity index is 335. The van der Waals surface area contributed by atoms with Crippen LogP contribution >= 0.6 is 0 Å². The Morgan fingerprint density at radius 3 is 2.87 bits per heavy atom. The third-order valence-corrected chi connectivity index (χ3v) is 2.11. The molecular weight excluding hydrogens is 196 g/mol. The first-order valence-corrected chi connectivity index (χ1v) is 4.67. The average molecular weight is 210 g/mol. The van der Waals surface area contributed by atoms with Crippen LogP contribution in [0.4, 0.5) is 0 Å². The van der Waals surface area contributed by atoms with E-state index in [1.165, 1.54) is 0 Å². The molecule has 0 saturated carbocycles. The number of carboxylic acids is 1. The predicted molar refractivity (Wildman–Crippen MR) is 54.8 cm³/mol. The summed E-state index contributed by atoms with van der Waals surface area (Å²) in [6.07, 6.45) is -0.586. The second kappa shape index (κ2) is 5.36. The SMILES string of the molecule is COc1cccc([C@H](O)CCC(=O)O)c1. The largest absolute Gasteiger partial charge is 0.497 e. The van der Waals surface area contributed by atoms with E-state index in [1.807, 2.05) is 0 Å². The van der Waals surface area contributed by atoms with Crippen LogP contribution < -0.4 is 4.74 Å². The van der Waals surface area contributed by atoms with Crippen molar-refractivity contribution in [2.24, 2.45) is 0 Å². The molecule has 0 spiro atoms. The molecule has 0 aliphatic rings. The van der Waals surface area contributed by atoms with Crippen LogP contribution in [0, 0.1) is 0 Å². The molecule has 1 atom stereocenters. The minimum Gasteiger partial charge on any atom is -0.497 e. The lowest BCUT2D eigenvalue weighted by Crippen LogP contribution is -2.02. The molecule has 0 amide bonds. The number of hydrogen-bond acceptors (Lipinski definition) is 3. The zero-order valence-electron chi connectivity index (χ0n) is 8.51. The Hall–Kier alpha value is -1.55. The maximum absolute atomic E-state index is 10.3. The molecule has 0 fully saturated rings. The lowest BCUT2D eigenvalue weighted by atomic mass is 10.0. The number of rotatable bonds is 5. The van der Waals surface area contributed by atoms with Gasteiger partial charge < -0.3 is 14.9 Å². The molecule has 1 aromatic carbocycles. The van der Waals surface area contributed by atoms with E-state index < -0.39 is 12.1 Å². The molecule has 82 valence electrons. The van der Waals surface area contributed by atoms with Crippen molar-refractivity contribution >= 4 is 5.97 Å². The molecule has 0 heterocycles. The summed E-state index contributed by atoms with van der Waals surface area (Å²) in [6, 6.07) is 6.98. The highest BCUT2D eigenvalue weighted by Gasteiger charge is 2.10. The van der Waals surface area contributed by atoms with Crippen LogP contribution in [0.1, 0.15) is 24.5 Å². The zero-order valence-corrected chi connectivity index (χ0v) is 8.51. The van der Waals surface area contributed by atoms with Gasteiger partial charge >= 0.3 is 5.97 Å². The van der Waals surface area contributed by atoms with Crippen molar-refractivity contribution in [1.29, 1.82) is 0 Å². The van der Waals surface area contributed by atoms with E-state index in [2.05, 4.69) is 0 Å². The Kier molecular flexibility index (Phi) is 4.12. The van der Waals surface area contributed by atoms with Gasteiger partial charge in [-0.2, -0.15) is 0 Å². The summed E-state index contributed by atoms with van der Waals surface area (Å²) in [7, 11) is 1.54. The number of aliphatic carboxylic acids is 1. The molecule has 0 radical (unpaired) electrons. The molecule has 4 heteroatoms. The zero-order chi connectivity index (χ0) is 11.3. The third-order valence-electron chi connectivity index (χ3n) is 2.11. The van der Waals surface area contributed by atoms with E-state index in [9.17, 15) is 9.90 Å². The van der Waals surface area contributed by atoms with Gasteiger partial charge in [0.25, 0.3) is 0 Å². The number of hydrogen-bond donors (Lipinski definition) is 2. The van der Waals surface area contributed by atoms with Gasteiger partial charge in [-0.3, -0.25) is 4.79 Å². The number of aliphatic hydroxyl groups is 1. The first-order valence-electron chi connectivity index (χ1n) is 4.67. The molecule has 2 N–H and O–H groups in total. The summed E-state index contributed by atoms with van der Waals surface area (Å²) >= 11 is 0. The van der Waals surface area contributed by atoms with Gasteiger partial charge in [-0.25, -0.2) is 0 Å². The van der Waals surface area contributed by atoms with E-state index >= 15 is 0 Å². The highest BCUT2D eigenvalue weighted by Crippen LogP contribution is 2.22. The number of carbonyl (C=O) groups is 1. The average Bonchev–Trinajstić information content (AvgIpc) is 2.26. The molecule has 0 saturated heterocycles. The van der Waals surface area contributed by atoms with Gasteiger partial charge in [0.05, 0.1) is 13.2 Å². The van der Waals surface area contributed by atoms with E-state index in [1.54, 1.807) is 31.4 Å². The Labute approximate surface area is 88.1 Å². The number of aliphatic hydroxyl groups excluding tert-OH is 1. The van der Waals surface area contributed by atoms with Crippen LogP contribution in [0.2, 0.25) is 0 Å². The fraction of sp³-hybridized carbons (Fsp3) is 0.364. The van der Waals surface area contributed by atoms with Crippen LogP contribution in [0.25, 0.3) is 0 Å². The van der Waals surface area contributed by atoms with Gasteiger partial charge in [-0.05, 0) is 24.1 Å². The van der Waals surface area contributed by atoms with Gasteiger partial charge in [0.15, 0.2) is 0 Å².